The Labute approximate surface area is 124 Å². The minimum absolute atomic E-state index is 0.0418. The van der Waals surface area contributed by atoms with E-state index in [1.807, 2.05) is 12.1 Å². The number of allylic oxidation sites excluding steroid dienone is 2. The third-order valence-corrected chi connectivity index (χ3v) is 4.85. The van der Waals surface area contributed by atoms with Gasteiger partial charge in [-0.25, -0.2) is 0 Å². The number of aryl methyl sites for hydroxylation is 1. The first-order valence-electron chi connectivity index (χ1n) is 7.37. The SMILES string of the molecule is CCc1cccc(Cl)c1CC=C1OC(=O)C2CCC1C2. The molecule has 1 aromatic rings. The lowest BCUT2D eigenvalue weighted by molar-refractivity contribution is -0.147. The molecular formula is C17H19ClO2. The molecule has 2 nitrogen and oxygen atoms in total. The quantitative estimate of drug-likeness (QED) is 0.776. The van der Waals surface area contributed by atoms with Crippen LogP contribution in [0.3, 0.4) is 0 Å². The molecule has 20 heavy (non-hydrogen) atoms. The van der Waals surface area contributed by atoms with Crippen LogP contribution in [0.1, 0.15) is 37.3 Å². The van der Waals surface area contributed by atoms with Gasteiger partial charge in [0.2, 0.25) is 0 Å². The Morgan fingerprint density at radius 1 is 1.35 bits per heavy atom. The van der Waals surface area contributed by atoms with Crippen molar-refractivity contribution in [3.8, 4) is 0 Å². The Morgan fingerprint density at radius 2 is 2.15 bits per heavy atom. The van der Waals surface area contributed by atoms with Gasteiger partial charge in [0.1, 0.15) is 5.76 Å². The second-order valence-electron chi connectivity index (χ2n) is 5.67. The normalized spacial score (nSPS) is 26.9. The molecule has 3 heteroatoms. The number of carbonyl (C=O) groups excluding carboxylic acids is 1. The highest BCUT2D eigenvalue weighted by molar-refractivity contribution is 6.31. The summed E-state index contributed by atoms with van der Waals surface area (Å²) in [6.45, 7) is 2.13. The maximum absolute atomic E-state index is 11.8. The number of cyclic esters (lactones) is 1. The molecule has 0 amide bonds. The van der Waals surface area contributed by atoms with E-state index in [0.717, 1.165) is 48.4 Å². The van der Waals surface area contributed by atoms with Crippen LogP contribution >= 0.6 is 11.6 Å². The first kappa shape index (κ1) is 13.7. The monoisotopic (exact) mass is 290 g/mol. The van der Waals surface area contributed by atoms with Crippen LogP contribution in [-0.2, 0) is 22.4 Å². The standard InChI is InChI=1S/C17H19ClO2/c1-2-11-4-3-5-15(18)14(11)8-9-16-12-6-7-13(10-12)17(19)20-16/h3-5,9,12-13H,2,6-8,10H2,1H3. The fourth-order valence-corrected chi connectivity index (χ4v) is 3.58. The lowest BCUT2D eigenvalue weighted by atomic mass is 9.97. The van der Waals surface area contributed by atoms with Gasteiger partial charge < -0.3 is 4.74 Å². The zero-order valence-corrected chi connectivity index (χ0v) is 12.5. The Balaban J connectivity index is 1.82. The second-order valence-corrected chi connectivity index (χ2v) is 6.08. The molecule has 2 fully saturated rings. The first-order valence-corrected chi connectivity index (χ1v) is 7.74. The lowest BCUT2D eigenvalue weighted by Gasteiger charge is -2.21. The number of fused-ring (bicyclic) bond motifs is 2. The van der Waals surface area contributed by atoms with E-state index in [1.165, 1.54) is 5.56 Å². The van der Waals surface area contributed by atoms with Crippen LogP contribution in [0.15, 0.2) is 30.0 Å². The van der Waals surface area contributed by atoms with Crippen molar-refractivity contribution in [2.45, 2.75) is 39.0 Å². The van der Waals surface area contributed by atoms with Gasteiger partial charge in [-0.3, -0.25) is 4.79 Å². The Kier molecular flexibility index (Phi) is 3.84. The maximum atomic E-state index is 11.8. The van der Waals surface area contributed by atoms with Crippen LogP contribution in [0.4, 0.5) is 0 Å². The summed E-state index contributed by atoms with van der Waals surface area (Å²) in [6, 6.07) is 6.02. The predicted octanol–water partition coefficient (Wildman–Crippen LogP) is 4.30. The van der Waals surface area contributed by atoms with Crippen LogP contribution in [0, 0.1) is 11.8 Å². The minimum Gasteiger partial charge on any atom is -0.431 e. The molecule has 2 bridgehead atoms. The lowest BCUT2D eigenvalue weighted by Crippen LogP contribution is -2.22. The Morgan fingerprint density at radius 3 is 2.95 bits per heavy atom. The summed E-state index contributed by atoms with van der Waals surface area (Å²) in [7, 11) is 0. The van der Waals surface area contributed by atoms with Crippen molar-refractivity contribution in [2.75, 3.05) is 0 Å². The maximum Gasteiger partial charge on any atom is 0.314 e. The number of hydrogen-bond acceptors (Lipinski definition) is 2. The van der Waals surface area contributed by atoms with Crippen LogP contribution in [0.25, 0.3) is 0 Å². The van der Waals surface area contributed by atoms with Crippen molar-refractivity contribution in [1.29, 1.82) is 0 Å². The van der Waals surface area contributed by atoms with Crippen molar-refractivity contribution in [2.24, 2.45) is 11.8 Å². The van der Waals surface area contributed by atoms with Gasteiger partial charge in [0.05, 0.1) is 5.92 Å². The summed E-state index contributed by atoms with van der Waals surface area (Å²) >= 11 is 6.30. The number of benzene rings is 1. The van der Waals surface area contributed by atoms with Gasteiger partial charge in [0, 0.05) is 10.9 Å². The van der Waals surface area contributed by atoms with E-state index in [0.29, 0.717) is 5.92 Å². The minimum atomic E-state index is -0.0418. The predicted molar refractivity (Wildman–Crippen MR) is 79.5 cm³/mol. The van der Waals surface area contributed by atoms with Gasteiger partial charge in [-0.1, -0.05) is 30.7 Å². The summed E-state index contributed by atoms with van der Waals surface area (Å²) in [5.41, 5.74) is 2.42. The molecule has 1 heterocycles. The smallest absolute Gasteiger partial charge is 0.314 e. The molecule has 106 valence electrons. The molecule has 0 spiro atoms. The van der Waals surface area contributed by atoms with Gasteiger partial charge >= 0.3 is 5.97 Å². The average Bonchev–Trinajstić information content (AvgIpc) is 2.88. The van der Waals surface area contributed by atoms with Gasteiger partial charge in [-0.05, 0) is 55.4 Å². The fraction of sp³-hybridized carbons (Fsp3) is 0.471. The van der Waals surface area contributed by atoms with E-state index in [4.69, 9.17) is 16.3 Å². The van der Waals surface area contributed by atoms with Crippen molar-refractivity contribution in [3.05, 3.63) is 46.2 Å². The van der Waals surface area contributed by atoms with Gasteiger partial charge in [0.15, 0.2) is 0 Å². The molecule has 1 aliphatic heterocycles. The number of ether oxygens (including phenoxy) is 1. The molecule has 2 atom stereocenters. The first-order chi connectivity index (χ1) is 9.69. The van der Waals surface area contributed by atoms with E-state index < -0.39 is 0 Å². The number of rotatable bonds is 3. The summed E-state index contributed by atoms with van der Waals surface area (Å²) in [5, 5.41) is 0.799. The van der Waals surface area contributed by atoms with Crippen LogP contribution in [-0.4, -0.2) is 5.97 Å². The number of hydrogen-bond donors (Lipinski definition) is 0. The number of carbonyl (C=O) groups is 1. The molecule has 0 N–H and O–H groups in total. The van der Waals surface area contributed by atoms with Crippen molar-refractivity contribution in [3.63, 3.8) is 0 Å². The van der Waals surface area contributed by atoms with Crippen LogP contribution < -0.4 is 0 Å². The van der Waals surface area contributed by atoms with Gasteiger partial charge in [0.25, 0.3) is 0 Å². The van der Waals surface area contributed by atoms with Crippen LogP contribution in [0.2, 0.25) is 5.02 Å². The summed E-state index contributed by atoms with van der Waals surface area (Å²) in [4.78, 5) is 11.8. The van der Waals surface area contributed by atoms with E-state index in [1.54, 1.807) is 0 Å². The van der Waals surface area contributed by atoms with Gasteiger partial charge in [-0.15, -0.1) is 0 Å². The third-order valence-electron chi connectivity index (χ3n) is 4.49. The molecule has 1 saturated heterocycles. The molecule has 1 aliphatic carbocycles. The van der Waals surface area contributed by atoms with E-state index in [2.05, 4.69) is 19.1 Å². The molecule has 2 aliphatic rings. The van der Waals surface area contributed by atoms with Crippen molar-refractivity contribution < 1.29 is 9.53 Å². The van der Waals surface area contributed by atoms with Crippen molar-refractivity contribution in [1.82, 2.24) is 0 Å². The molecule has 0 aromatic heterocycles. The summed E-state index contributed by atoms with van der Waals surface area (Å²) < 4.78 is 5.49. The Hall–Kier alpha value is -1.28. The fourth-order valence-electron chi connectivity index (χ4n) is 3.31. The molecule has 1 aromatic carbocycles. The second kappa shape index (κ2) is 5.61. The summed E-state index contributed by atoms with van der Waals surface area (Å²) in [5.74, 6) is 1.40. The molecule has 1 saturated carbocycles. The molecule has 2 unspecified atom stereocenters. The largest absolute Gasteiger partial charge is 0.431 e. The van der Waals surface area contributed by atoms with E-state index >= 15 is 0 Å². The van der Waals surface area contributed by atoms with Gasteiger partial charge in [-0.2, -0.15) is 0 Å². The number of esters is 1. The molecular weight excluding hydrogens is 272 g/mol. The van der Waals surface area contributed by atoms with Crippen LogP contribution in [0.5, 0.6) is 0 Å². The average molecular weight is 291 g/mol. The summed E-state index contributed by atoms with van der Waals surface area (Å²) in [6.07, 6.45) is 6.79. The highest BCUT2D eigenvalue weighted by atomic mass is 35.5. The third kappa shape index (κ3) is 2.49. The zero-order valence-electron chi connectivity index (χ0n) is 11.7. The molecule has 0 radical (unpaired) electrons. The van der Waals surface area contributed by atoms with Crippen molar-refractivity contribution >= 4 is 17.6 Å². The molecule has 3 rings (SSSR count). The zero-order chi connectivity index (χ0) is 14.1. The topological polar surface area (TPSA) is 26.3 Å². The van der Waals surface area contributed by atoms with E-state index in [9.17, 15) is 4.79 Å². The number of halogens is 1. The Bertz CT molecular complexity index is 562. The highest BCUT2D eigenvalue weighted by Crippen LogP contribution is 2.41. The van der Waals surface area contributed by atoms with E-state index in [-0.39, 0.29) is 11.9 Å². The highest BCUT2D eigenvalue weighted by Gasteiger charge is 2.39.